The topological polar surface area (TPSA) is 91.4 Å². The molecule has 1 saturated carbocycles. The molecule has 0 aromatic heterocycles. The lowest BCUT2D eigenvalue weighted by Crippen LogP contribution is -2.73. The number of carbonyl (C=O) groups is 3. The first-order valence-electron chi connectivity index (χ1n) is 17.5. The van der Waals surface area contributed by atoms with E-state index in [0.29, 0.717) is 62.9 Å². The zero-order valence-electron chi connectivity index (χ0n) is 27.4. The minimum Gasteiger partial charge on any atom is -0.457 e. The summed E-state index contributed by atoms with van der Waals surface area (Å²) >= 11 is 0. The molecule has 3 aliphatic heterocycles. The molecular weight excluding hydrogens is 580 g/mol. The van der Waals surface area contributed by atoms with Crippen LogP contribution in [0.3, 0.4) is 0 Å². The number of unbranched alkanes of at least 4 members (excludes halogenated alkanes) is 1. The lowest BCUT2D eigenvalue weighted by molar-refractivity contribution is -0.162. The highest BCUT2D eigenvalue weighted by Gasteiger charge is 2.53. The molecule has 0 bridgehead atoms. The van der Waals surface area contributed by atoms with Gasteiger partial charge in [-0.2, -0.15) is 0 Å². The van der Waals surface area contributed by atoms with Gasteiger partial charge in [0.25, 0.3) is 5.91 Å². The molecule has 248 valence electrons. The van der Waals surface area contributed by atoms with Crippen molar-refractivity contribution in [1.29, 1.82) is 0 Å². The molecule has 0 radical (unpaired) electrons. The smallest absolute Gasteiger partial charge is 0.254 e. The molecule has 1 spiro atoms. The van der Waals surface area contributed by atoms with Crippen LogP contribution in [0, 0.1) is 5.92 Å². The van der Waals surface area contributed by atoms with Crippen molar-refractivity contribution >= 4 is 17.7 Å². The number of nitrogens with one attached hydrogen (secondary N) is 1. The van der Waals surface area contributed by atoms with Gasteiger partial charge in [-0.05, 0) is 73.6 Å². The Labute approximate surface area is 273 Å². The summed E-state index contributed by atoms with van der Waals surface area (Å²) in [5.41, 5.74) is 1.09. The molecule has 2 aromatic rings. The van der Waals surface area contributed by atoms with Crippen molar-refractivity contribution < 1.29 is 23.9 Å². The second-order valence-corrected chi connectivity index (χ2v) is 13.6. The summed E-state index contributed by atoms with van der Waals surface area (Å²) in [5, 5.41) is 3.21. The second kappa shape index (κ2) is 15.0. The summed E-state index contributed by atoms with van der Waals surface area (Å²) in [6.45, 7) is 7.53. The fourth-order valence-electron chi connectivity index (χ4n) is 7.68. The molecule has 3 saturated heterocycles. The van der Waals surface area contributed by atoms with Gasteiger partial charge in [0, 0.05) is 44.8 Å². The van der Waals surface area contributed by atoms with E-state index < -0.39 is 5.54 Å². The van der Waals surface area contributed by atoms with Crippen molar-refractivity contribution in [2.45, 2.75) is 89.3 Å². The zero-order chi connectivity index (χ0) is 31.9. The minimum absolute atomic E-state index is 0.0195. The van der Waals surface area contributed by atoms with E-state index in [4.69, 9.17) is 9.47 Å². The normalized spacial score (nSPS) is 22.6. The molecular formula is C37H50N4O5. The lowest BCUT2D eigenvalue weighted by atomic mass is 9.79. The third kappa shape index (κ3) is 7.41. The maximum absolute atomic E-state index is 13.8. The average molecular weight is 631 g/mol. The molecule has 1 atom stereocenters. The number of piperidine rings is 1. The highest BCUT2D eigenvalue weighted by Crippen LogP contribution is 2.36. The summed E-state index contributed by atoms with van der Waals surface area (Å²) in [6.07, 6.45) is 10.1. The molecule has 4 aliphatic rings. The highest BCUT2D eigenvalue weighted by atomic mass is 16.5. The van der Waals surface area contributed by atoms with E-state index in [2.05, 4.69) is 29.3 Å². The minimum atomic E-state index is -0.730. The maximum atomic E-state index is 13.8. The lowest BCUT2D eigenvalue weighted by Gasteiger charge is -2.52. The Morgan fingerprint density at radius 1 is 0.913 bits per heavy atom. The number of rotatable bonds is 10. The van der Waals surface area contributed by atoms with E-state index in [9.17, 15) is 14.4 Å². The van der Waals surface area contributed by atoms with E-state index in [1.807, 2.05) is 46.2 Å². The molecule has 9 nitrogen and oxygen atoms in total. The summed E-state index contributed by atoms with van der Waals surface area (Å²) in [4.78, 5) is 46.5. The van der Waals surface area contributed by atoms with Crippen molar-refractivity contribution in [2.75, 3.05) is 45.9 Å². The zero-order valence-corrected chi connectivity index (χ0v) is 27.4. The summed E-state index contributed by atoms with van der Waals surface area (Å²) in [6, 6.07) is 15.0. The third-order valence-corrected chi connectivity index (χ3v) is 10.5. The number of amides is 3. The van der Waals surface area contributed by atoms with Crippen LogP contribution in [0.15, 0.2) is 48.5 Å². The standard InChI is InChI=1S/C37H50N4O5/c1-2-3-19-41-35(43)33(26-28-7-5-4-6-8-28)38-36(44)37(41)17-20-39(21-18-37)27-29-9-13-31(14-10-29)46-32-15-11-30(12-16-32)34(42)40-22-24-45-25-23-40/h9-16,28,33H,2-8,17-27H2,1H3,(H,38,44). The largest absolute Gasteiger partial charge is 0.457 e. The number of likely N-dealkylation sites (tertiary alicyclic amines) is 1. The predicted octanol–water partition coefficient (Wildman–Crippen LogP) is 5.38. The van der Waals surface area contributed by atoms with Crippen molar-refractivity contribution in [2.24, 2.45) is 5.92 Å². The van der Waals surface area contributed by atoms with E-state index in [0.717, 1.165) is 44.6 Å². The van der Waals surface area contributed by atoms with Gasteiger partial charge in [-0.25, -0.2) is 0 Å². The molecule has 46 heavy (non-hydrogen) atoms. The van der Waals surface area contributed by atoms with Crippen molar-refractivity contribution in [1.82, 2.24) is 20.0 Å². The summed E-state index contributed by atoms with van der Waals surface area (Å²) in [5.74, 6) is 2.18. The van der Waals surface area contributed by atoms with Crippen LogP contribution in [0.1, 0.15) is 87.1 Å². The van der Waals surface area contributed by atoms with Crippen LogP contribution < -0.4 is 10.1 Å². The van der Waals surface area contributed by atoms with Gasteiger partial charge in [0.05, 0.1) is 13.2 Å². The highest BCUT2D eigenvalue weighted by molar-refractivity contribution is 6.00. The van der Waals surface area contributed by atoms with Gasteiger partial charge in [0.15, 0.2) is 0 Å². The Kier molecular flexibility index (Phi) is 10.6. The fraction of sp³-hybridized carbons (Fsp3) is 0.595. The number of carbonyl (C=O) groups excluding carboxylic acids is 3. The van der Waals surface area contributed by atoms with Gasteiger partial charge in [-0.1, -0.05) is 57.6 Å². The summed E-state index contributed by atoms with van der Waals surface area (Å²) in [7, 11) is 0. The number of hydrogen-bond acceptors (Lipinski definition) is 6. The van der Waals surface area contributed by atoms with E-state index in [1.54, 1.807) is 0 Å². The van der Waals surface area contributed by atoms with Gasteiger partial charge in [0.2, 0.25) is 11.8 Å². The molecule has 1 unspecified atom stereocenters. The molecule has 1 N–H and O–H groups in total. The van der Waals surface area contributed by atoms with Crippen molar-refractivity contribution in [3.05, 3.63) is 59.7 Å². The molecule has 3 heterocycles. The molecule has 4 fully saturated rings. The monoisotopic (exact) mass is 630 g/mol. The number of morpholine rings is 1. The molecule has 1 aliphatic carbocycles. The number of hydrogen-bond donors (Lipinski definition) is 1. The first-order chi connectivity index (χ1) is 22.4. The van der Waals surface area contributed by atoms with Crippen molar-refractivity contribution in [3.63, 3.8) is 0 Å². The van der Waals surface area contributed by atoms with Crippen LogP contribution in [0.25, 0.3) is 0 Å². The van der Waals surface area contributed by atoms with E-state index >= 15 is 0 Å². The fourth-order valence-corrected chi connectivity index (χ4v) is 7.68. The van der Waals surface area contributed by atoms with Crippen molar-refractivity contribution in [3.8, 4) is 11.5 Å². The molecule has 3 amide bonds. The van der Waals surface area contributed by atoms with Crippen LogP contribution in [0.5, 0.6) is 11.5 Å². The van der Waals surface area contributed by atoms with Crippen LogP contribution in [-0.2, 0) is 20.9 Å². The number of nitrogens with zero attached hydrogens (tertiary/aromatic N) is 3. The van der Waals surface area contributed by atoms with Gasteiger partial charge in [-0.15, -0.1) is 0 Å². The van der Waals surface area contributed by atoms with Crippen LogP contribution in [0.2, 0.25) is 0 Å². The van der Waals surface area contributed by atoms with Gasteiger partial charge >= 0.3 is 0 Å². The van der Waals surface area contributed by atoms with E-state index in [1.165, 1.54) is 37.7 Å². The Morgan fingerprint density at radius 2 is 1.57 bits per heavy atom. The Balaban J connectivity index is 1.02. The number of benzene rings is 2. The Bertz CT molecular complexity index is 1330. The summed E-state index contributed by atoms with van der Waals surface area (Å²) < 4.78 is 11.4. The Hall–Kier alpha value is -3.43. The predicted molar refractivity (Wildman–Crippen MR) is 177 cm³/mol. The van der Waals surface area contributed by atoms with Gasteiger partial charge in [-0.3, -0.25) is 19.3 Å². The Morgan fingerprint density at radius 3 is 2.22 bits per heavy atom. The van der Waals surface area contributed by atoms with Gasteiger partial charge in [0.1, 0.15) is 23.1 Å². The number of ether oxygens (including phenoxy) is 2. The first kappa shape index (κ1) is 32.5. The SMILES string of the molecule is CCCCN1C(=O)C(CC2CCCCC2)NC(=O)C12CCN(Cc1ccc(Oc3ccc(C(=O)N4CCOCC4)cc3)cc1)CC2. The second-order valence-electron chi connectivity index (χ2n) is 13.6. The third-order valence-electron chi connectivity index (χ3n) is 10.5. The van der Waals surface area contributed by atoms with Crippen LogP contribution in [0.4, 0.5) is 0 Å². The molecule has 2 aromatic carbocycles. The van der Waals surface area contributed by atoms with Gasteiger partial charge < -0.3 is 24.6 Å². The molecule has 9 heteroatoms. The maximum Gasteiger partial charge on any atom is 0.254 e. The molecule has 6 rings (SSSR count). The average Bonchev–Trinajstić information content (AvgIpc) is 3.10. The van der Waals surface area contributed by atoms with E-state index in [-0.39, 0.29) is 23.8 Å². The first-order valence-corrected chi connectivity index (χ1v) is 17.5. The quantitative estimate of drug-likeness (QED) is 0.379. The number of piperazine rings is 1. The van der Waals surface area contributed by atoms with Crippen LogP contribution >= 0.6 is 0 Å². The van der Waals surface area contributed by atoms with Crippen LogP contribution in [-0.4, -0.2) is 89.9 Å².